The van der Waals surface area contributed by atoms with Crippen LogP contribution in [0.25, 0.3) is 0 Å². The van der Waals surface area contributed by atoms with Gasteiger partial charge in [0.15, 0.2) is 5.84 Å². The summed E-state index contributed by atoms with van der Waals surface area (Å²) in [6.07, 6.45) is 2.00. The highest BCUT2D eigenvalue weighted by atomic mass is 16.5. The number of hydrogen-bond donors (Lipinski definition) is 3. The second-order valence-corrected chi connectivity index (χ2v) is 6.22. The van der Waals surface area contributed by atoms with Gasteiger partial charge in [-0.3, -0.25) is 4.79 Å². The maximum absolute atomic E-state index is 12.6. The van der Waals surface area contributed by atoms with Gasteiger partial charge in [0.2, 0.25) is 5.91 Å². The lowest BCUT2D eigenvalue weighted by Crippen LogP contribution is -2.62. The van der Waals surface area contributed by atoms with Crippen LogP contribution in [-0.2, 0) is 9.53 Å². The van der Waals surface area contributed by atoms with E-state index in [0.29, 0.717) is 25.4 Å². The van der Waals surface area contributed by atoms with E-state index < -0.39 is 5.41 Å². The van der Waals surface area contributed by atoms with Gasteiger partial charge in [0.1, 0.15) is 5.41 Å². The Kier molecular flexibility index (Phi) is 3.47. The van der Waals surface area contributed by atoms with Crippen LogP contribution in [0.1, 0.15) is 40.0 Å². The van der Waals surface area contributed by atoms with Gasteiger partial charge in [-0.15, -0.1) is 0 Å². The van der Waals surface area contributed by atoms with Gasteiger partial charge in [-0.25, -0.2) is 0 Å². The standard InChI is InChI=1S/C13H23N3O3/c1-8-6-13(7-8,10(14)16-18)11(17)15-12(3)4-5-19-9(12)2/h8-9,18H,4-7H2,1-3H3,(H2,14,16)(H,15,17). The van der Waals surface area contributed by atoms with Gasteiger partial charge in [-0.1, -0.05) is 12.1 Å². The number of oxime groups is 1. The first-order valence-electron chi connectivity index (χ1n) is 6.76. The Hall–Kier alpha value is -1.30. The number of rotatable bonds is 3. The molecule has 1 saturated carbocycles. The molecule has 2 rings (SSSR count). The first-order chi connectivity index (χ1) is 8.84. The van der Waals surface area contributed by atoms with Crippen LogP contribution in [0, 0.1) is 11.3 Å². The normalized spacial score (nSPS) is 42.8. The van der Waals surface area contributed by atoms with Crippen LogP contribution in [0.3, 0.4) is 0 Å². The number of carbonyl (C=O) groups is 1. The molecule has 1 aliphatic carbocycles. The third-order valence-electron chi connectivity index (χ3n) is 4.71. The molecular weight excluding hydrogens is 246 g/mol. The lowest BCUT2D eigenvalue weighted by molar-refractivity contribution is -0.135. The van der Waals surface area contributed by atoms with E-state index >= 15 is 0 Å². The number of amidine groups is 1. The summed E-state index contributed by atoms with van der Waals surface area (Å²) in [5.41, 5.74) is 4.51. The molecule has 0 aromatic rings. The molecule has 4 N–H and O–H groups in total. The molecule has 0 aromatic heterocycles. The van der Waals surface area contributed by atoms with Crippen molar-refractivity contribution >= 4 is 11.7 Å². The first-order valence-corrected chi connectivity index (χ1v) is 6.76. The molecule has 2 fully saturated rings. The van der Waals surface area contributed by atoms with E-state index in [1.807, 2.05) is 13.8 Å². The van der Waals surface area contributed by atoms with Crippen molar-refractivity contribution in [2.75, 3.05) is 6.61 Å². The van der Waals surface area contributed by atoms with E-state index in [4.69, 9.17) is 15.7 Å². The van der Waals surface area contributed by atoms with Gasteiger partial charge in [-0.05, 0) is 39.0 Å². The molecule has 0 radical (unpaired) electrons. The van der Waals surface area contributed by atoms with E-state index in [9.17, 15) is 4.79 Å². The number of ether oxygens (including phenoxy) is 1. The number of hydrogen-bond acceptors (Lipinski definition) is 4. The van der Waals surface area contributed by atoms with Crippen molar-refractivity contribution in [1.82, 2.24) is 5.32 Å². The van der Waals surface area contributed by atoms with Crippen LogP contribution < -0.4 is 11.1 Å². The highest BCUT2D eigenvalue weighted by molar-refractivity contribution is 6.08. The number of nitrogens with two attached hydrogens (primary N) is 1. The third kappa shape index (κ3) is 2.18. The Balaban J connectivity index is 2.14. The highest BCUT2D eigenvalue weighted by Crippen LogP contribution is 2.46. The Morgan fingerprint density at radius 1 is 1.47 bits per heavy atom. The zero-order valence-corrected chi connectivity index (χ0v) is 11.8. The van der Waals surface area contributed by atoms with E-state index in [1.165, 1.54) is 0 Å². The van der Waals surface area contributed by atoms with Gasteiger partial charge in [0.25, 0.3) is 0 Å². The van der Waals surface area contributed by atoms with Gasteiger partial charge in [0, 0.05) is 6.61 Å². The van der Waals surface area contributed by atoms with Crippen molar-refractivity contribution in [3.05, 3.63) is 0 Å². The van der Waals surface area contributed by atoms with E-state index in [-0.39, 0.29) is 23.4 Å². The van der Waals surface area contributed by atoms with E-state index in [2.05, 4.69) is 17.4 Å². The smallest absolute Gasteiger partial charge is 0.234 e. The SMILES string of the molecule is CC1CC(C(=O)NC2(C)CCOC2C)(C(N)=NO)C1. The van der Waals surface area contributed by atoms with Crippen LogP contribution in [0.4, 0.5) is 0 Å². The summed E-state index contributed by atoms with van der Waals surface area (Å²) < 4.78 is 5.52. The number of carbonyl (C=O) groups excluding carboxylic acids is 1. The summed E-state index contributed by atoms with van der Waals surface area (Å²) in [4.78, 5) is 12.6. The topological polar surface area (TPSA) is 96.9 Å². The lowest BCUT2D eigenvalue weighted by atomic mass is 9.61. The molecule has 1 amide bonds. The predicted molar refractivity (Wildman–Crippen MR) is 70.8 cm³/mol. The molecule has 1 aliphatic heterocycles. The molecule has 0 bridgehead atoms. The summed E-state index contributed by atoms with van der Waals surface area (Å²) in [7, 11) is 0. The molecule has 2 atom stereocenters. The van der Waals surface area contributed by atoms with E-state index in [1.54, 1.807) is 0 Å². The van der Waals surface area contributed by atoms with Gasteiger partial charge < -0.3 is 21.0 Å². The van der Waals surface area contributed by atoms with E-state index in [0.717, 1.165) is 6.42 Å². The van der Waals surface area contributed by atoms with Crippen molar-refractivity contribution in [1.29, 1.82) is 0 Å². The Bertz CT molecular complexity index is 404. The largest absolute Gasteiger partial charge is 0.409 e. The minimum atomic E-state index is -0.848. The minimum absolute atomic E-state index is 0.0123. The monoisotopic (exact) mass is 269 g/mol. The van der Waals surface area contributed by atoms with Gasteiger partial charge >= 0.3 is 0 Å². The maximum atomic E-state index is 12.6. The molecular formula is C13H23N3O3. The molecule has 2 aliphatic rings. The van der Waals surface area contributed by atoms with Crippen LogP contribution in [-0.4, -0.2) is 35.2 Å². The first kappa shape index (κ1) is 14.1. The second-order valence-electron chi connectivity index (χ2n) is 6.22. The van der Waals surface area contributed by atoms with Crippen LogP contribution in [0.2, 0.25) is 0 Å². The zero-order chi connectivity index (χ0) is 14.3. The quantitative estimate of drug-likeness (QED) is 0.306. The Labute approximate surface area is 113 Å². The van der Waals surface area contributed by atoms with Gasteiger partial charge in [0.05, 0.1) is 11.6 Å². The third-order valence-corrected chi connectivity index (χ3v) is 4.71. The Morgan fingerprint density at radius 2 is 2.11 bits per heavy atom. The summed E-state index contributed by atoms with van der Waals surface area (Å²) in [5, 5.41) is 15.0. The van der Waals surface area contributed by atoms with Crippen molar-refractivity contribution < 1.29 is 14.7 Å². The summed E-state index contributed by atoms with van der Waals surface area (Å²) >= 11 is 0. The number of nitrogens with zero attached hydrogens (tertiary/aromatic N) is 1. The Morgan fingerprint density at radius 3 is 2.53 bits per heavy atom. The molecule has 6 heteroatoms. The highest BCUT2D eigenvalue weighted by Gasteiger charge is 2.54. The molecule has 6 nitrogen and oxygen atoms in total. The molecule has 0 aromatic carbocycles. The maximum Gasteiger partial charge on any atom is 0.234 e. The average Bonchev–Trinajstić information content (AvgIpc) is 2.63. The summed E-state index contributed by atoms with van der Waals surface area (Å²) in [6, 6.07) is 0. The van der Waals surface area contributed by atoms with Crippen LogP contribution in [0.5, 0.6) is 0 Å². The summed E-state index contributed by atoms with van der Waals surface area (Å²) in [5.74, 6) is 0.273. The van der Waals surface area contributed by atoms with Crippen molar-refractivity contribution in [2.45, 2.75) is 51.7 Å². The van der Waals surface area contributed by atoms with Crippen molar-refractivity contribution in [2.24, 2.45) is 22.2 Å². The number of nitrogens with one attached hydrogen (secondary N) is 1. The molecule has 19 heavy (non-hydrogen) atoms. The fraction of sp³-hybridized carbons (Fsp3) is 0.846. The van der Waals surface area contributed by atoms with Crippen molar-refractivity contribution in [3.8, 4) is 0 Å². The molecule has 108 valence electrons. The van der Waals surface area contributed by atoms with Crippen molar-refractivity contribution in [3.63, 3.8) is 0 Å². The number of amides is 1. The van der Waals surface area contributed by atoms with Crippen LogP contribution in [0.15, 0.2) is 5.16 Å². The fourth-order valence-corrected chi connectivity index (χ4v) is 3.11. The predicted octanol–water partition coefficient (Wildman–Crippen LogP) is 0.833. The summed E-state index contributed by atoms with van der Waals surface area (Å²) in [6.45, 7) is 6.63. The second kappa shape index (κ2) is 4.67. The van der Waals surface area contributed by atoms with Gasteiger partial charge in [-0.2, -0.15) is 0 Å². The lowest BCUT2D eigenvalue weighted by Gasteiger charge is -2.45. The van der Waals surface area contributed by atoms with Crippen LogP contribution >= 0.6 is 0 Å². The molecule has 0 spiro atoms. The average molecular weight is 269 g/mol. The zero-order valence-electron chi connectivity index (χ0n) is 11.8. The molecule has 2 unspecified atom stereocenters. The fourth-order valence-electron chi connectivity index (χ4n) is 3.11. The molecule has 1 saturated heterocycles. The minimum Gasteiger partial charge on any atom is -0.409 e. The molecule has 1 heterocycles.